The molecule has 3 N–H and O–H groups in total. The van der Waals surface area contributed by atoms with Crippen LogP contribution in [0.4, 0.5) is 0 Å². The van der Waals surface area contributed by atoms with E-state index >= 15 is 0 Å². The lowest BCUT2D eigenvalue weighted by Gasteiger charge is -2.46. The van der Waals surface area contributed by atoms with Crippen LogP contribution in [0.1, 0.15) is 38.5 Å². The van der Waals surface area contributed by atoms with E-state index in [-0.39, 0.29) is 5.60 Å². The van der Waals surface area contributed by atoms with Gasteiger partial charge in [-0.05, 0) is 38.5 Å². The second-order valence-electron chi connectivity index (χ2n) is 4.06. The van der Waals surface area contributed by atoms with Crippen molar-refractivity contribution in [1.82, 2.24) is 5.43 Å². The van der Waals surface area contributed by atoms with Crippen molar-refractivity contribution in [3.63, 3.8) is 0 Å². The molecule has 3 heteroatoms. The van der Waals surface area contributed by atoms with Gasteiger partial charge in [-0.25, -0.2) is 0 Å². The summed E-state index contributed by atoms with van der Waals surface area (Å²) in [6.07, 6.45) is 8.72. The van der Waals surface area contributed by atoms with E-state index in [2.05, 4.69) is 12.0 Å². The molecule has 0 heterocycles. The molecule has 0 aromatic rings. The van der Waals surface area contributed by atoms with Crippen molar-refractivity contribution in [3.05, 3.63) is 12.7 Å². The van der Waals surface area contributed by atoms with Crippen LogP contribution in [0.25, 0.3) is 0 Å². The van der Waals surface area contributed by atoms with Crippen LogP contribution in [0.2, 0.25) is 0 Å². The third-order valence-electron chi connectivity index (χ3n) is 3.34. The van der Waals surface area contributed by atoms with Crippen molar-refractivity contribution in [2.75, 3.05) is 7.11 Å². The molecular weight excluding hydrogens is 176 g/mol. The summed E-state index contributed by atoms with van der Waals surface area (Å²) < 4.78 is 5.59. The van der Waals surface area contributed by atoms with Gasteiger partial charge in [-0.2, -0.15) is 0 Å². The minimum absolute atomic E-state index is 0.00984. The largest absolute Gasteiger partial charge is 0.377 e. The van der Waals surface area contributed by atoms with Gasteiger partial charge in [-0.1, -0.05) is 6.08 Å². The predicted molar refractivity (Wildman–Crippen MR) is 58.8 cm³/mol. The van der Waals surface area contributed by atoms with E-state index in [0.717, 1.165) is 32.1 Å². The summed E-state index contributed by atoms with van der Waals surface area (Å²) in [5.41, 5.74) is 2.91. The van der Waals surface area contributed by atoms with Gasteiger partial charge >= 0.3 is 0 Å². The molecule has 0 saturated heterocycles. The maximum Gasteiger partial charge on any atom is 0.0844 e. The number of ether oxygens (including phenoxy) is 1. The molecule has 1 fully saturated rings. The van der Waals surface area contributed by atoms with Crippen molar-refractivity contribution < 1.29 is 4.74 Å². The van der Waals surface area contributed by atoms with Crippen molar-refractivity contribution in [2.24, 2.45) is 5.84 Å². The summed E-state index contributed by atoms with van der Waals surface area (Å²) >= 11 is 0. The minimum Gasteiger partial charge on any atom is -0.377 e. The highest BCUT2D eigenvalue weighted by atomic mass is 16.5. The number of rotatable bonds is 7. The third-order valence-corrected chi connectivity index (χ3v) is 3.34. The summed E-state index contributed by atoms with van der Waals surface area (Å²) in [4.78, 5) is 0. The molecule has 0 radical (unpaired) electrons. The zero-order valence-corrected chi connectivity index (χ0v) is 9.09. The van der Waals surface area contributed by atoms with Crippen molar-refractivity contribution >= 4 is 0 Å². The first kappa shape index (κ1) is 11.7. The van der Waals surface area contributed by atoms with E-state index in [1.807, 2.05) is 6.08 Å². The first-order valence-corrected chi connectivity index (χ1v) is 5.41. The fourth-order valence-electron chi connectivity index (χ4n) is 2.18. The highest BCUT2D eigenvalue weighted by molar-refractivity contribution is 4.98. The van der Waals surface area contributed by atoms with Crippen LogP contribution in [-0.2, 0) is 4.74 Å². The highest BCUT2D eigenvalue weighted by Gasteiger charge is 2.43. The summed E-state index contributed by atoms with van der Waals surface area (Å²) in [6.45, 7) is 3.72. The van der Waals surface area contributed by atoms with E-state index in [4.69, 9.17) is 10.6 Å². The quantitative estimate of drug-likeness (QED) is 0.283. The minimum atomic E-state index is 0.00984. The molecule has 3 nitrogen and oxygen atoms in total. The first-order valence-electron chi connectivity index (χ1n) is 5.41. The Kier molecular flexibility index (Phi) is 4.58. The Labute approximate surface area is 86.7 Å². The highest BCUT2D eigenvalue weighted by Crippen LogP contribution is 2.39. The predicted octanol–water partition coefficient (Wildman–Crippen LogP) is 1.74. The third kappa shape index (κ3) is 2.35. The lowest BCUT2D eigenvalue weighted by Crippen LogP contribution is -2.58. The van der Waals surface area contributed by atoms with Crippen LogP contribution in [-0.4, -0.2) is 18.8 Å². The summed E-state index contributed by atoms with van der Waals surface area (Å²) in [7, 11) is 1.79. The number of hydrogen-bond acceptors (Lipinski definition) is 3. The second-order valence-corrected chi connectivity index (χ2v) is 4.06. The van der Waals surface area contributed by atoms with Crippen molar-refractivity contribution in [1.29, 1.82) is 0 Å². The van der Waals surface area contributed by atoms with Crippen molar-refractivity contribution in [2.45, 2.75) is 50.2 Å². The maximum atomic E-state index is 5.59. The number of methoxy groups -OCH3 is 1. The molecular formula is C11H22N2O. The van der Waals surface area contributed by atoms with E-state index < -0.39 is 0 Å². The smallest absolute Gasteiger partial charge is 0.0844 e. The summed E-state index contributed by atoms with van der Waals surface area (Å²) in [5.74, 6) is 5.57. The standard InChI is InChI=1S/C11H22N2O/c1-3-4-5-7-10(13-12)11(14-2)8-6-9-11/h3,10,13H,1,4-9,12H2,2H3. The van der Waals surface area contributed by atoms with Gasteiger partial charge in [0.25, 0.3) is 0 Å². The topological polar surface area (TPSA) is 47.3 Å². The normalized spacial score (nSPS) is 21.3. The molecule has 1 aliphatic rings. The average molecular weight is 198 g/mol. The van der Waals surface area contributed by atoms with Crippen LogP contribution in [0, 0.1) is 0 Å². The molecule has 0 amide bonds. The number of allylic oxidation sites excluding steroid dienone is 1. The van der Waals surface area contributed by atoms with E-state index in [1.165, 1.54) is 6.42 Å². The molecule has 1 unspecified atom stereocenters. The molecule has 14 heavy (non-hydrogen) atoms. The molecule has 1 saturated carbocycles. The SMILES string of the molecule is C=CCCCC(NN)C1(OC)CCC1. The van der Waals surface area contributed by atoms with Crippen LogP contribution in [0.15, 0.2) is 12.7 Å². The number of unbranched alkanes of at least 4 members (excludes halogenated alkanes) is 1. The van der Waals surface area contributed by atoms with E-state index in [1.54, 1.807) is 7.11 Å². The van der Waals surface area contributed by atoms with Crippen LogP contribution >= 0.6 is 0 Å². The van der Waals surface area contributed by atoms with Gasteiger partial charge in [-0.3, -0.25) is 11.3 Å². The number of hydrogen-bond donors (Lipinski definition) is 2. The van der Waals surface area contributed by atoms with Crippen LogP contribution < -0.4 is 11.3 Å². The summed E-state index contributed by atoms with van der Waals surface area (Å²) in [6, 6.07) is 0.293. The molecule has 82 valence electrons. The number of hydrazine groups is 1. The molecule has 0 bridgehead atoms. The molecule has 0 aromatic carbocycles. The lowest BCUT2D eigenvalue weighted by molar-refractivity contribution is -0.100. The molecule has 0 spiro atoms. The molecule has 1 aliphatic carbocycles. The van der Waals surface area contributed by atoms with Gasteiger partial charge in [0, 0.05) is 7.11 Å². The fraction of sp³-hybridized carbons (Fsp3) is 0.818. The Hall–Kier alpha value is -0.380. The molecule has 0 aromatic heterocycles. The van der Waals surface area contributed by atoms with Crippen molar-refractivity contribution in [3.8, 4) is 0 Å². The Balaban J connectivity index is 2.39. The zero-order chi connectivity index (χ0) is 10.4. The Morgan fingerprint density at radius 2 is 2.36 bits per heavy atom. The maximum absolute atomic E-state index is 5.59. The lowest BCUT2D eigenvalue weighted by atomic mass is 9.73. The Morgan fingerprint density at radius 3 is 2.71 bits per heavy atom. The summed E-state index contributed by atoms with van der Waals surface area (Å²) in [5, 5.41) is 0. The van der Waals surface area contributed by atoms with E-state index in [9.17, 15) is 0 Å². The van der Waals surface area contributed by atoms with Crippen LogP contribution in [0.3, 0.4) is 0 Å². The Bertz CT molecular complexity index is 173. The monoisotopic (exact) mass is 198 g/mol. The fourth-order valence-corrected chi connectivity index (χ4v) is 2.18. The van der Waals surface area contributed by atoms with Gasteiger partial charge in [0.1, 0.15) is 0 Å². The molecule has 0 aliphatic heterocycles. The zero-order valence-electron chi connectivity index (χ0n) is 9.09. The van der Waals surface area contributed by atoms with E-state index in [0.29, 0.717) is 6.04 Å². The molecule has 1 rings (SSSR count). The molecule has 1 atom stereocenters. The second kappa shape index (κ2) is 5.49. The van der Waals surface area contributed by atoms with Gasteiger partial charge in [-0.15, -0.1) is 6.58 Å². The van der Waals surface area contributed by atoms with Gasteiger partial charge in [0.2, 0.25) is 0 Å². The van der Waals surface area contributed by atoms with Gasteiger partial charge in [0.15, 0.2) is 0 Å². The van der Waals surface area contributed by atoms with Gasteiger partial charge in [0.05, 0.1) is 11.6 Å². The first-order chi connectivity index (χ1) is 6.79. The van der Waals surface area contributed by atoms with Gasteiger partial charge < -0.3 is 4.74 Å². The number of nitrogens with two attached hydrogens (primary N) is 1. The number of nitrogens with one attached hydrogen (secondary N) is 1. The Morgan fingerprint density at radius 1 is 1.64 bits per heavy atom. The average Bonchev–Trinajstić information content (AvgIpc) is 2.14. The van der Waals surface area contributed by atoms with Crippen LogP contribution in [0.5, 0.6) is 0 Å².